The van der Waals surface area contributed by atoms with Gasteiger partial charge in [-0.3, -0.25) is 4.79 Å². The number of hydrogen-bond acceptors (Lipinski definition) is 2. The fourth-order valence-electron chi connectivity index (χ4n) is 2.03. The summed E-state index contributed by atoms with van der Waals surface area (Å²) in [6, 6.07) is 8.22. The molecule has 0 aliphatic rings. The Morgan fingerprint density at radius 1 is 1.35 bits per heavy atom. The van der Waals surface area contributed by atoms with Gasteiger partial charge >= 0.3 is 5.97 Å². The van der Waals surface area contributed by atoms with E-state index >= 15 is 0 Å². The molecule has 0 bridgehead atoms. The minimum Gasteiger partial charge on any atom is -0.466 e. The third kappa shape index (κ3) is 2.49. The second-order valence-electron chi connectivity index (χ2n) is 4.01. The van der Waals surface area contributed by atoms with Crippen molar-refractivity contribution >= 4 is 16.9 Å². The number of H-pyrrole nitrogens is 1. The highest BCUT2D eigenvalue weighted by Crippen LogP contribution is 2.20. The van der Waals surface area contributed by atoms with Crippen molar-refractivity contribution < 1.29 is 9.53 Å². The molecule has 0 saturated heterocycles. The lowest BCUT2D eigenvalue weighted by Gasteiger charge is -1.99. The van der Waals surface area contributed by atoms with Crippen molar-refractivity contribution in [1.82, 2.24) is 4.98 Å². The Bertz CT molecular complexity index is 528. The van der Waals surface area contributed by atoms with Crippen molar-refractivity contribution in [2.45, 2.75) is 26.7 Å². The number of esters is 1. The van der Waals surface area contributed by atoms with E-state index in [1.54, 1.807) is 0 Å². The fourth-order valence-corrected chi connectivity index (χ4v) is 2.03. The second-order valence-corrected chi connectivity index (χ2v) is 4.01. The maximum Gasteiger partial charge on any atom is 0.311 e. The molecule has 0 aliphatic carbocycles. The zero-order chi connectivity index (χ0) is 12.3. The molecule has 3 heteroatoms. The monoisotopic (exact) mass is 231 g/mol. The molecule has 2 rings (SSSR count). The van der Waals surface area contributed by atoms with Gasteiger partial charge in [0, 0.05) is 11.2 Å². The number of fused-ring (bicyclic) bond motifs is 1. The van der Waals surface area contributed by atoms with Gasteiger partial charge in [-0.25, -0.2) is 0 Å². The molecule has 1 aromatic heterocycles. The first-order valence-electron chi connectivity index (χ1n) is 5.99. The van der Waals surface area contributed by atoms with Gasteiger partial charge in [-0.2, -0.15) is 0 Å². The molecule has 90 valence electrons. The lowest BCUT2D eigenvalue weighted by atomic mass is 10.1. The molecule has 1 aromatic carbocycles. The fraction of sp³-hybridized carbons (Fsp3) is 0.357. The predicted octanol–water partition coefficient (Wildman–Crippen LogP) is 2.84. The molecule has 3 nitrogen and oxygen atoms in total. The third-order valence-corrected chi connectivity index (χ3v) is 2.82. The number of ether oxygens (including phenoxy) is 1. The molecule has 0 aliphatic heterocycles. The molecule has 0 radical (unpaired) electrons. The van der Waals surface area contributed by atoms with E-state index < -0.39 is 0 Å². The molecule has 1 heterocycles. The van der Waals surface area contributed by atoms with E-state index in [-0.39, 0.29) is 5.97 Å². The summed E-state index contributed by atoms with van der Waals surface area (Å²) in [5.74, 6) is -0.183. The van der Waals surface area contributed by atoms with Gasteiger partial charge in [0.25, 0.3) is 0 Å². The SMILES string of the molecule is CCOC(=O)Cc1cc2cccc(CC)c2[nH]1. The molecule has 2 aromatic rings. The summed E-state index contributed by atoms with van der Waals surface area (Å²) >= 11 is 0. The van der Waals surface area contributed by atoms with Gasteiger partial charge in [0.15, 0.2) is 0 Å². The smallest absolute Gasteiger partial charge is 0.311 e. The zero-order valence-electron chi connectivity index (χ0n) is 10.2. The molecule has 0 amide bonds. The van der Waals surface area contributed by atoms with Gasteiger partial charge in [-0.15, -0.1) is 0 Å². The van der Waals surface area contributed by atoms with Crippen LogP contribution in [0, 0.1) is 0 Å². The van der Waals surface area contributed by atoms with Crippen molar-refractivity contribution in [2.75, 3.05) is 6.61 Å². The molecular formula is C14H17NO2. The van der Waals surface area contributed by atoms with E-state index in [0.29, 0.717) is 13.0 Å². The van der Waals surface area contributed by atoms with Crippen LogP contribution in [0.2, 0.25) is 0 Å². The molecular weight excluding hydrogens is 214 g/mol. The number of benzene rings is 1. The largest absolute Gasteiger partial charge is 0.466 e. The van der Waals surface area contributed by atoms with Crippen LogP contribution < -0.4 is 0 Å². The number of aromatic nitrogens is 1. The van der Waals surface area contributed by atoms with E-state index in [1.165, 1.54) is 5.56 Å². The van der Waals surface area contributed by atoms with Gasteiger partial charge in [-0.1, -0.05) is 25.1 Å². The van der Waals surface area contributed by atoms with Crippen molar-refractivity contribution in [3.8, 4) is 0 Å². The van der Waals surface area contributed by atoms with Crippen molar-refractivity contribution in [2.24, 2.45) is 0 Å². The summed E-state index contributed by atoms with van der Waals surface area (Å²) in [4.78, 5) is 14.7. The topological polar surface area (TPSA) is 42.1 Å². The van der Waals surface area contributed by atoms with E-state index in [0.717, 1.165) is 23.0 Å². The summed E-state index contributed by atoms with van der Waals surface area (Å²) in [6.07, 6.45) is 1.29. The van der Waals surface area contributed by atoms with Crippen LogP contribution in [0.15, 0.2) is 24.3 Å². The lowest BCUT2D eigenvalue weighted by molar-refractivity contribution is -0.142. The van der Waals surface area contributed by atoms with E-state index in [9.17, 15) is 4.79 Å². The standard InChI is InChI=1S/C14H17NO2/c1-3-10-6-5-7-11-8-12(15-14(10)11)9-13(16)17-4-2/h5-8,15H,3-4,9H2,1-2H3. The molecule has 0 saturated carbocycles. The maximum atomic E-state index is 11.4. The summed E-state index contributed by atoms with van der Waals surface area (Å²) in [7, 11) is 0. The summed E-state index contributed by atoms with van der Waals surface area (Å²) in [6.45, 7) is 4.37. The van der Waals surface area contributed by atoms with Crippen molar-refractivity contribution in [3.63, 3.8) is 0 Å². The number of aromatic amines is 1. The quantitative estimate of drug-likeness (QED) is 0.822. The zero-order valence-corrected chi connectivity index (χ0v) is 10.2. The molecule has 0 atom stereocenters. The average molecular weight is 231 g/mol. The number of nitrogens with one attached hydrogen (secondary N) is 1. The van der Waals surface area contributed by atoms with Gasteiger partial charge in [0.1, 0.15) is 0 Å². The lowest BCUT2D eigenvalue weighted by Crippen LogP contribution is -2.07. The Balaban J connectivity index is 2.28. The maximum absolute atomic E-state index is 11.4. The van der Waals surface area contributed by atoms with Crippen LogP contribution in [0.1, 0.15) is 25.1 Å². The first-order chi connectivity index (χ1) is 8.24. The molecule has 0 fully saturated rings. The molecule has 0 unspecified atom stereocenters. The highest BCUT2D eigenvalue weighted by molar-refractivity contribution is 5.85. The van der Waals surface area contributed by atoms with Crippen LogP contribution in [-0.2, 0) is 22.4 Å². The number of hydrogen-bond donors (Lipinski definition) is 1. The highest BCUT2D eigenvalue weighted by Gasteiger charge is 2.08. The van der Waals surface area contributed by atoms with Gasteiger partial charge in [0.05, 0.1) is 13.0 Å². The minimum absolute atomic E-state index is 0.183. The van der Waals surface area contributed by atoms with Crippen LogP contribution in [0.5, 0.6) is 0 Å². The molecule has 1 N–H and O–H groups in total. The van der Waals surface area contributed by atoms with Crippen LogP contribution in [0.4, 0.5) is 0 Å². The average Bonchev–Trinajstić information content (AvgIpc) is 2.70. The number of carbonyl (C=O) groups is 1. The number of para-hydroxylation sites is 1. The predicted molar refractivity (Wildman–Crippen MR) is 68.0 cm³/mol. The first-order valence-corrected chi connectivity index (χ1v) is 5.99. The number of aryl methyl sites for hydroxylation is 1. The Labute approximate surface area is 101 Å². The summed E-state index contributed by atoms with van der Waals surface area (Å²) in [5, 5.41) is 1.16. The van der Waals surface area contributed by atoms with Crippen molar-refractivity contribution in [1.29, 1.82) is 0 Å². The van der Waals surface area contributed by atoms with Gasteiger partial charge in [0.2, 0.25) is 0 Å². The van der Waals surface area contributed by atoms with E-state index in [1.807, 2.05) is 19.1 Å². The van der Waals surface area contributed by atoms with Gasteiger partial charge < -0.3 is 9.72 Å². The second kappa shape index (κ2) is 5.04. The van der Waals surface area contributed by atoms with Crippen LogP contribution in [0.25, 0.3) is 10.9 Å². The minimum atomic E-state index is -0.183. The number of rotatable bonds is 4. The normalized spacial score (nSPS) is 10.7. The summed E-state index contributed by atoms with van der Waals surface area (Å²) < 4.78 is 4.94. The third-order valence-electron chi connectivity index (χ3n) is 2.82. The van der Waals surface area contributed by atoms with E-state index in [2.05, 4.69) is 24.0 Å². The van der Waals surface area contributed by atoms with Crippen LogP contribution in [-0.4, -0.2) is 17.6 Å². The molecule has 0 spiro atoms. The van der Waals surface area contributed by atoms with Crippen molar-refractivity contribution in [3.05, 3.63) is 35.5 Å². The highest BCUT2D eigenvalue weighted by atomic mass is 16.5. The van der Waals surface area contributed by atoms with E-state index in [4.69, 9.17) is 4.74 Å². The Morgan fingerprint density at radius 3 is 2.88 bits per heavy atom. The number of carbonyl (C=O) groups excluding carboxylic acids is 1. The Morgan fingerprint density at radius 2 is 2.18 bits per heavy atom. The van der Waals surface area contributed by atoms with Gasteiger partial charge in [-0.05, 0) is 30.4 Å². The Kier molecular flexibility index (Phi) is 3.47. The van der Waals surface area contributed by atoms with Crippen LogP contribution in [0.3, 0.4) is 0 Å². The molecule has 17 heavy (non-hydrogen) atoms. The first kappa shape index (κ1) is 11.7. The Hall–Kier alpha value is -1.77. The summed E-state index contributed by atoms with van der Waals surface area (Å²) in [5.41, 5.74) is 3.33. The van der Waals surface area contributed by atoms with Crippen LogP contribution >= 0.6 is 0 Å².